The molecule has 0 bridgehead atoms. The SMILES string of the molecule is CCn1nc(C)c(Br)c1CNc1cc(Br)ccc1Cl. The summed E-state index contributed by atoms with van der Waals surface area (Å²) in [6, 6.07) is 5.75. The Morgan fingerprint density at radius 2 is 2.11 bits per heavy atom. The molecule has 0 saturated heterocycles. The van der Waals surface area contributed by atoms with E-state index >= 15 is 0 Å². The maximum atomic E-state index is 6.16. The van der Waals surface area contributed by atoms with Crippen LogP contribution >= 0.6 is 43.5 Å². The molecule has 0 amide bonds. The van der Waals surface area contributed by atoms with Gasteiger partial charge in [0.25, 0.3) is 0 Å². The third-order valence-electron chi connectivity index (χ3n) is 2.83. The van der Waals surface area contributed by atoms with Crippen LogP contribution in [0.1, 0.15) is 18.3 Å². The molecule has 0 aliphatic heterocycles. The van der Waals surface area contributed by atoms with Gasteiger partial charge in [-0.05, 0) is 48.0 Å². The number of hydrogen-bond acceptors (Lipinski definition) is 2. The number of aryl methyl sites for hydroxylation is 2. The Bertz CT molecular complexity index is 596. The van der Waals surface area contributed by atoms with E-state index in [1.165, 1.54) is 0 Å². The van der Waals surface area contributed by atoms with Crippen molar-refractivity contribution in [2.75, 3.05) is 5.32 Å². The van der Waals surface area contributed by atoms with Gasteiger partial charge in [0, 0.05) is 11.0 Å². The molecule has 1 N–H and O–H groups in total. The molecule has 0 aliphatic carbocycles. The van der Waals surface area contributed by atoms with E-state index in [1.807, 2.05) is 29.8 Å². The van der Waals surface area contributed by atoms with Crippen LogP contribution in [0.4, 0.5) is 5.69 Å². The van der Waals surface area contributed by atoms with Crippen LogP contribution in [0.5, 0.6) is 0 Å². The van der Waals surface area contributed by atoms with Gasteiger partial charge in [0.05, 0.1) is 33.1 Å². The number of anilines is 1. The van der Waals surface area contributed by atoms with Crippen LogP contribution in [0.3, 0.4) is 0 Å². The molecular weight excluding hydrogens is 393 g/mol. The highest BCUT2D eigenvalue weighted by Gasteiger charge is 2.12. The Kier molecular flexibility index (Phi) is 4.92. The highest BCUT2D eigenvalue weighted by molar-refractivity contribution is 9.10. The number of nitrogens with one attached hydrogen (secondary N) is 1. The van der Waals surface area contributed by atoms with Crippen molar-refractivity contribution >= 4 is 49.1 Å². The smallest absolute Gasteiger partial charge is 0.0739 e. The fourth-order valence-electron chi connectivity index (χ4n) is 1.85. The average Bonchev–Trinajstić information content (AvgIpc) is 2.66. The van der Waals surface area contributed by atoms with Gasteiger partial charge in [-0.1, -0.05) is 27.5 Å². The van der Waals surface area contributed by atoms with Gasteiger partial charge in [0.1, 0.15) is 0 Å². The Morgan fingerprint density at radius 1 is 1.37 bits per heavy atom. The summed E-state index contributed by atoms with van der Waals surface area (Å²) in [6.45, 7) is 5.58. The summed E-state index contributed by atoms with van der Waals surface area (Å²) in [5, 5.41) is 8.52. The molecule has 102 valence electrons. The van der Waals surface area contributed by atoms with E-state index in [0.29, 0.717) is 11.6 Å². The van der Waals surface area contributed by atoms with E-state index in [-0.39, 0.29) is 0 Å². The Balaban J connectivity index is 2.21. The number of halogens is 3. The van der Waals surface area contributed by atoms with E-state index < -0.39 is 0 Å². The minimum absolute atomic E-state index is 0.672. The van der Waals surface area contributed by atoms with E-state index in [2.05, 4.69) is 49.2 Å². The first kappa shape index (κ1) is 14.9. The number of aromatic nitrogens is 2. The largest absolute Gasteiger partial charge is 0.378 e. The van der Waals surface area contributed by atoms with Gasteiger partial charge in [-0.15, -0.1) is 0 Å². The molecule has 0 atom stereocenters. The molecule has 6 heteroatoms. The van der Waals surface area contributed by atoms with Crippen LogP contribution in [-0.4, -0.2) is 9.78 Å². The van der Waals surface area contributed by atoms with Gasteiger partial charge in [0.2, 0.25) is 0 Å². The van der Waals surface area contributed by atoms with Crippen molar-refractivity contribution in [3.8, 4) is 0 Å². The van der Waals surface area contributed by atoms with Crippen LogP contribution in [0, 0.1) is 6.92 Å². The lowest BCUT2D eigenvalue weighted by atomic mass is 10.3. The summed E-state index contributed by atoms with van der Waals surface area (Å²) >= 11 is 13.2. The van der Waals surface area contributed by atoms with Crippen molar-refractivity contribution in [2.24, 2.45) is 0 Å². The topological polar surface area (TPSA) is 29.9 Å². The average molecular weight is 408 g/mol. The van der Waals surface area contributed by atoms with Crippen LogP contribution in [0.15, 0.2) is 27.1 Å². The third-order valence-corrected chi connectivity index (χ3v) is 4.68. The molecule has 0 radical (unpaired) electrons. The van der Waals surface area contributed by atoms with Crippen molar-refractivity contribution in [1.82, 2.24) is 9.78 Å². The maximum Gasteiger partial charge on any atom is 0.0739 e. The zero-order valence-corrected chi connectivity index (χ0v) is 14.6. The van der Waals surface area contributed by atoms with Gasteiger partial charge in [-0.25, -0.2) is 0 Å². The number of nitrogens with zero attached hydrogens (tertiary/aromatic N) is 2. The van der Waals surface area contributed by atoms with E-state index in [4.69, 9.17) is 11.6 Å². The summed E-state index contributed by atoms with van der Waals surface area (Å²) < 4.78 is 4.03. The van der Waals surface area contributed by atoms with E-state index in [9.17, 15) is 0 Å². The van der Waals surface area contributed by atoms with Gasteiger partial charge >= 0.3 is 0 Å². The normalized spacial score (nSPS) is 10.8. The molecule has 0 spiro atoms. The van der Waals surface area contributed by atoms with Crippen LogP contribution < -0.4 is 5.32 Å². The van der Waals surface area contributed by atoms with Crippen LogP contribution in [0.25, 0.3) is 0 Å². The van der Waals surface area contributed by atoms with Gasteiger partial charge < -0.3 is 5.32 Å². The molecule has 1 heterocycles. The summed E-state index contributed by atoms with van der Waals surface area (Å²) in [4.78, 5) is 0. The van der Waals surface area contributed by atoms with Gasteiger partial charge in [0.15, 0.2) is 0 Å². The second-order valence-corrected chi connectivity index (χ2v) is 6.26. The summed E-state index contributed by atoms with van der Waals surface area (Å²) in [7, 11) is 0. The van der Waals surface area contributed by atoms with Crippen molar-refractivity contribution in [3.05, 3.63) is 43.6 Å². The lowest BCUT2D eigenvalue weighted by molar-refractivity contribution is 0.622. The molecule has 1 aromatic carbocycles. The first-order valence-electron chi connectivity index (χ1n) is 5.93. The zero-order chi connectivity index (χ0) is 14.0. The Labute approximate surface area is 134 Å². The Hall–Kier alpha value is -0.520. The Morgan fingerprint density at radius 3 is 2.79 bits per heavy atom. The zero-order valence-electron chi connectivity index (χ0n) is 10.7. The van der Waals surface area contributed by atoms with Crippen molar-refractivity contribution < 1.29 is 0 Å². The number of hydrogen-bond donors (Lipinski definition) is 1. The third kappa shape index (κ3) is 3.33. The molecule has 2 aromatic rings. The second-order valence-electron chi connectivity index (χ2n) is 4.14. The van der Waals surface area contributed by atoms with Crippen LogP contribution in [-0.2, 0) is 13.1 Å². The molecule has 2 rings (SSSR count). The fraction of sp³-hybridized carbons (Fsp3) is 0.308. The molecule has 0 fully saturated rings. The predicted octanol–water partition coefficient (Wildman–Crippen LogP) is 5.00. The van der Waals surface area contributed by atoms with Crippen LogP contribution in [0.2, 0.25) is 5.02 Å². The molecular formula is C13H14Br2ClN3. The maximum absolute atomic E-state index is 6.16. The van der Waals surface area contributed by atoms with Crippen molar-refractivity contribution in [1.29, 1.82) is 0 Å². The molecule has 0 saturated carbocycles. The quantitative estimate of drug-likeness (QED) is 0.773. The predicted molar refractivity (Wildman–Crippen MR) is 86.8 cm³/mol. The van der Waals surface area contributed by atoms with Crippen molar-refractivity contribution in [3.63, 3.8) is 0 Å². The van der Waals surface area contributed by atoms with Gasteiger partial charge in [-0.2, -0.15) is 5.10 Å². The first-order valence-corrected chi connectivity index (χ1v) is 7.90. The molecule has 0 unspecified atom stereocenters. The van der Waals surface area contributed by atoms with E-state index in [1.54, 1.807) is 0 Å². The number of rotatable bonds is 4. The summed E-state index contributed by atoms with van der Waals surface area (Å²) in [5.41, 5.74) is 3.03. The van der Waals surface area contributed by atoms with Crippen molar-refractivity contribution in [2.45, 2.75) is 26.9 Å². The standard InChI is InChI=1S/C13H14Br2ClN3/c1-3-19-12(13(15)8(2)18-19)7-17-11-6-9(14)4-5-10(11)16/h4-6,17H,3,7H2,1-2H3. The first-order chi connectivity index (χ1) is 9.02. The van der Waals surface area contributed by atoms with E-state index in [0.717, 1.165) is 32.6 Å². The molecule has 1 aromatic heterocycles. The molecule has 0 aliphatic rings. The molecule has 19 heavy (non-hydrogen) atoms. The minimum Gasteiger partial charge on any atom is -0.378 e. The highest BCUT2D eigenvalue weighted by Crippen LogP contribution is 2.27. The second kappa shape index (κ2) is 6.29. The minimum atomic E-state index is 0.672. The monoisotopic (exact) mass is 405 g/mol. The summed E-state index contributed by atoms with van der Waals surface area (Å²) in [6.07, 6.45) is 0. The molecule has 3 nitrogen and oxygen atoms in total. The lowest BCUT2D eigenvalue weighted by Gasteiger charge is -2.10. The van der Waals surface area contributed by atoms with Gasteiger partial charge in [-0.3, -0.25) is 4.68 Å². The fourth-order valence-corrected chi connectivity index (χ4v) is 2.82. The highest BCUT2D eigenvalue weighted by atomic mass is 79.9. The summed E-state index contributed by atoms with van der Waals surface area (Å²) in [5.74, 6) is 0. The lowest BCUT2D eigenvalue weighted by Crippen LogP contribution is -2.08. The number of benzene rings is 1.